The number of rotatable bonds is 10. The van der Waals surface area contributed by atoms with Crippen molar-refractivity contribution in [3.63, 3.8) is 0 Å². The molecule has 2 aromatic carbocycles. The molecule has 0 amide bonds. The van der Waals surface area contributed by atoms with E-state index in [2.05, 4.69) is 79.8 Å². The Morgan fingerprint density at radius 3 is 2.34 bits per heavy atom. The summed E-state index contributed by atoms with van der Waals surface area (Å²) >= 11 is 0. The monoisotopic (exact) mass is 420 g/mol. The molecule has 0 unspecified atom stereocenters. The fourth-order valence-corrected chi connectivity index (χ4v) is 5.20. The van der Waals surface area contributed by atoms with E-state index in [1.165, 1.54) is 66.4 Å². The van der Waals surface area contributed by atoms with Crippen LogP contribution in [-0.4, -0.2) is 0 Å². The summed E-state index contributed by atoms with van der Waals surface area (Å²) in [4.78, 5) is 0. The van der Waals surface area contributed by atoms with Crippen molar-refractivity contribution in [3.8, 4) is 0 Å². The van der Waals surface area contributed by atoms with Gasteiger partial charge in [0.25, 0.3) is 0 Å². The maximum absolute atomic E-state index is 2.51. The molecule has 0 N–H and O–H groups in total. The van der Waals surface area contributed by atoms with Crippen LogP contribution < -0.4 is 0 Å². The van der Waals surface area contributed by atoms with E-state index in [4.69, 9.17) is 0 Å². The van der Waals surface area contributed by atoms with E-state index in [9.17, 15) is 0 Å². The molecule has 0 saturated heterocycles. The molecule has 32 heavy (non-hydrogen) atoms. The van der Waals surface area contributed by atoms with E-state index in [0.717, 1.165) is 31.6 Å². The Balaban J connectivity index is 1.26. The van der Waals surface area contributed by atoms with Crippen molar-refractivity contribution in [1.29, 1.82) is 0 Å². The summed E-state index contributed by atoms with van der Waals surface area (Å²) in [5.74, 6) is 0.907. The smallest absolute Gasteiger partial charge is 0.00286 e. The predicted molar refractivity (Wildman–Crippen MR) is 138 cm³/mol. The van der Waals surface area contributed by atoms with Gasteiger partial charge in [-0.3, -0.25) is 0 Å². The van der Waals surface area contributed by atoms with Crippen molar-refractivity contribution in [2.45, 2.75) is 71.1 Å². The van der Waals surface area contributed by atoms with Crippen molar-refractivity contribution in [1.82, 2.24) is 0 Å². The molecule has 0 bridgehead atoms. The van der Waals surface area contributed by atoms with Crippen LogP contribution in [0.2, 0.25) is 0 Å². The summed E-state index contributed by atoms with van der Waals surface area (Å²) in [6, 6.07) is 18.2. The molecular formula is C32H36. The first-order valence-corrected chi connectivity index (χ1v) is 12.7. The van der Waals surface area contributed by atoms with Gasteiger partial charge in [-0.1, -0.05) is 97.3 Å². The Labute approximate surface area is 194 Å². The van der Waals surface area contributed by atoms with Crippen molar-refractivity contribution < 1.29 is 0 Å². The van der Waals surface area contributed by atoms with E-state index >= 15 is 0 Å². The third-order valence-electron chi connectivity index (χ3n) is 7.20. The molecule has 2 aromatic rings. The lowest BCUT2D eigenvalue weighted by molar-refractivity contribution is 0.791. The highest BCUT2D eigenvalue weighted by Gasteiger charge is 2.27. The van der Waals surface area contributed by atoms with Crippen molar-refractivity contribution in [2.75, 3.05) is 0 Å². The number of hydrogen-bond donors (Lipinski definition) is 0. The number of aryl methyl sites for hydroxylation is 2. The van der Waals surface area contributed by atoms with Gasteiger partial charge >= 0.3 is 0 Å². The van der Waals surface area contributed by atoms with Gasteiger partial charge in [0.2, 0.25) is 0 Å². The molecule has 0 nitrogen and oxygen atoms in total. The summed E-state index contributed by atoms with van der Waals surface area (Å²) in [5, 5.41) is 0. The van der Waals surface area contributed by atoms with Gasteiger partial charge in [-0.15, -0.1) is 0 Å². The lowest BCUT2D eigenvalue weighted by atomic mass is 9.94. The number of unbranched alkanes of at least 4 members (excludes halogenated alkanes) is 1. The van der Waals surface area contributed by atoms with E-state index in [0.29, 0.717) is 0 Å². The molecule has 5 rings (SSSR count). The van der Waals surface area contributed by atoms with Gasteiger partial charge in [-0.05, 0) is 97.1 Å². The molecule has 1 saturated carbocycles. The van der Waals surface area contributed by atoms with Crippen LogP contribution in [0.25, 0.3) is 5.57 Å². The first-order chi connectivity index (χ1) is 15.8. The maximum atomic E-state index is 2.51. The number of benzene rings is 2. The standard InChI is InChI=1S/C32H36/c1-2-3-7-25-18-26(11-10-24-12-14-31(22-24)29-8-5-4-6-9-29)20-28(19-25)21-27-13-15-32(23-27)30-16-17-30/h4-6,8-9,13-14,18-20,22-23,30H,2-3,7,10-12,15-17,21H2,1H3. The topological polar surface area (TPSA) is 0 Å². The molecule has 1 fully saturated rings. The van der Waals surface area contributed by atoms with Gasteiger partial charge in [0, 0.05) is 0 Å². The van der Waals surface area contributed by atoms with Crippen LogP contribution in [-0.2, 0) is 19.3 Å². The Morgan fingerprint density at radius 1 is 0.781 bits per heavy atom. The van der Waals surface area contributed by atoms with Crippen LogP contribution in [0.15, 0.2) is 89.6 Å². The summed E-state index contributed by atoms with van der Waals surface area (Å²) in [7, 11) is 0. The highest BCUT2D eigenvalue weighted by molar-refractivity contribution is 5.77. The molecule has 0 spiro atoms. The number of hydrogen-bond acceptors (Lipinski definition) is 0. The van der Waals surface area contributed by atoms with Gasteiger partial charge in [-0.25, -0.2) is 0 Å². The molecule has 0 radical (unpaired) electrons. The minimum Gasteiger partial charge on any atom is -0.0769 e. The molecule has 0 heteroatoms. The first-order valence-electron chi connectivity index (χ1n) is 12.7. The van der Waals surface area contributed by atoms with Crippen LogP contribution in [0.4, 0.5) is 0 Å². The van der Waals surface area contributed by atoms with Gasteiger partial charge in [-0.2, -0.15) is 0 Å². The SMILES string of the molecule is CCCCc1cc(CCC2=CC(c3ccccc3)=CC2)cc(CC2=CCC(C3CC3)=C2)c1. The highest BCUT2D eigenvalue weighted by Crippen LogP contribution is 2.41. The minimum absolute atomic E-state index is 0.907. The van der Waals surface area contributed by atoms with Crippen LogP contribution in [0.3, 0.4) is 0 Å². The number of allylic oxidation sites excluding steroid dienone is 8. The third kappa shape index (κ3) is 5.41. The summed E-state index contributed by atoms with van der Waals surface area (Å²) in [5.41, 5.74) is 12.1. The van der Waals surface area contributed by atoms with E-state index < -0.39 is 0 Å². The maximum Gasteiger partial charge on any atom is -0.00286 e. The summed E-state index contributed by atoms with van der Waals surface area (Å²) < 4.78 is 0. The highest BCUT2D eigenvalue weighted by atomic mass is 14.3. The fourth-order valence-electron chi connectivity index (χ4n) is 5.20. The van der Waals surface area contributed by atoms with Crippen molar-refractivity contribution >= 4 is 5.57 Å². The Kier molecular flexibility index (Phi) is 6.58. The zero-order chi connectivity index (χ0) is 21.8. The largest absolute Gasteiger partial charge is 0.0769 e. The fraction of sp³-hybridized carbons (Fsp3) is 0.375. The van der Waals surface area contributed by atoms with Crippen LogP contribution >= 0.6 is 0 Å². The van der Waals surface area contributed by atoms with Gasteiger partial charge in [0.05, 0.1) is 0 Å². The molecule has 3 aliphatic carbocycles. The second-order valence-electron chi connectivity index (χ2n) is 9.95. The van der Waals surface area contributed by atoms with Crippen LogP contribution in [0.1, 0.15) is 74.1 Å². The summed E-state index contributed by atoms with van der Waals surface area (Å²) in [6.45, 7) is 2.29. The van der Waals surface area contributed by atoms with E-state index in [1.54, 1.807) is 16.7 Å². The lowest BCUT2D eigenvalue weighted by Gasteiger charge is -2.11. The average Bonchev–Trinajstić information content (AvgIpc) is 3.38. The Bertz CT molecular complexity index is 1070. The van der Waals surface area contributed by atoms with Gasteiger partial charge in [0.1, 0.15) is 0 Å². The molecule has 0 atom stereocenters. The van der Waals surface area contributed by atoms with Crippen LogP contribution in [0.5, 0.6) is 0 Å². The average molecular weight is 421 g/mol. The molecule has 3 aliphatic rings. The summed E-state index contributed by atoms with van der Waals surface area (Å²) in [6.07, 6.45) is 22.1. The molecule has 0 aliphatic heterocycles. The second kappa shape index (κ2) is 9.90. The molecule has 0 aromatic heterocycles. The van der Waals surface area contributed by atoms with Gasteiger partial charge < -0.3 is 0 Å². The van der Waals surface area contributed by atoms with Crippen molar-refractivity contribution in [2.24, 2.45) is 5.92 Å². The zero-order valence-electron chi connectivity index (χ0n) is 19.6. The molecule has 0 heterocycles. The van der Waals surface area contributed by atoms with Crippen molar-refractivity contribution in [3.05, 3.63) is 112 Å². The van der Waals surface area contributed by atoms with Gasteiger partial charge in [0.15, 0.2) is 0 Å². The molecule has 164 valence electrons. The normalized spacial score (nSPS) is 17.8. The quantitative estimate of drug-likeness (QED) is 0.361. The Morgan fingerprint density at radius 2 is 1.56 bits per heavy atom. The van der Waals surface area contributed by atoms with Crippen LogP contribution in [0, 0.1) is 5.92 Å². The second-order valence-corrected chi connectivity index (χ2v) is 9.95. The zero-order valence-corrected chi connectivity index (χ0v) is 19.6. The lowest BCUT2D eigenvalue weighted by Crippen LogP contribution is -1.96. The first kappa shape index (κ1) is 21.3. The third-order valence-corrected chi connectivity index (χ3v) is 7.20. The predicted octanol–water partition coefficient (Wildman–Crippen LogP) is 8.58. The van der Waals surface area contributed by atoms with E-state index in [-0.39, 0.29) is 0 Å². The van der Waals surface area contributed by atoms with E-state index in [1.807, 2.05) is 0 Å². The minimum atomic E-state index is 0.907. The Hall–Kier alpha value is -2.60. The molecular weight excluding hydrogens is 384 g/mol.